The molecule has 0 aromatic carbocycles. The van der Waals surface area contributed by atoms with Gasteiger partial charge < -0.3 is 10.2 Å². The average molecular weight is 454 g/mol. The highest BCUT2D eigenvalue weighted by molar-refractivity contribution is 9.11. The molecule has 0 saturated heterocycles. The molecule has 4 rings (SSSR count). The smallest absolute Gasteiger partial charge is 0.320 e. The maximum absolute atomic E-state index is 12.5. The van der Waals surface area contributed by atoms with Gasteiger partial charge >= 0.3 is 6.03 Å². The Morgan fingerprint density at radius 2 is 1.96 bits per heavy atom. The van der Waals surface area contributed by atoms with Crippen molar-refractivity contribution in [3.05, 3.63) is 35.8 Å². The van der Waals surface area contributed by atoms with Crippen LogP contribution in [-0.4, -0.2) is 24.5 Å². The fourth-order valence-electron chi connectivity index (χ4n) is 3.90. The molecule has 2 aromatic rings. The van der Waals surface area contributed by atoms with Crippen molar-refractivity contribution in [1.82, 2.24) is 10.2 Å². The summed E-state index contributed by atoms with van der Waals surface area (Å²) < 4.78 is 1.15. The van der Waals surface area contributed by atoms with E-state index < -0.39 is 0 Å². The van der Waals surface area contributed by atoms with Gasteiger partial charge in [0.05, 0.1) is 8.79 Å². The molecule has 0 spiro atoms. The summed E-state index contributed by atoms with van der Waals surface area (Å²) in [5.41, 5.74) is 5.39. The van der Waals surface area contributed by atoms with Crippen molar-refractivity contribution in [2.45, 2.75) is 52.1 Å². The van der Waals surface area contributed by atoms with E-state index in [1.165, 1.54) is 44.8 Å². The van der Waals surface area contributed by atoms with Gasteiger partial charge in [-0.1, -0.05) is 0 Å². The van der Waals surface area contributed by atoms with E-state index in [-0.39, 0.29) is 6.03 Å². The summed E-state index contributed by atoms with van der Waals surface area (Å²) in [6.07, 6.45) is 5.91. The highest BCUT2D eigenvalue weighted by Crippen LogP contribution is 2.38. The van der Waals surface area contributed by atoms with Crippen LogP contribution in [0.3, 0.4) is 0 Å². The van der Waals surface area contributed by atoms with Crippen LogP contribution in [0.5, 0.6) is 0 Å². The number of fused-ring (bicyclic) bond motifs is 2. The van der Waals surface area contributed by atoms with Crippen LogP contribution < -0.4 is 10.6 Å². The zero-order valence-corrected chi connectivity index (χ0v) is 18.4. The first kappa shape index (κ1) is 18.5. The van der Waals surface area contributed by atoms with Crippen LogP contribution in [0.15, 0.2) is 3.79 Å². The summed E-state index contributed by atoms with van der Waals surface area (Å²) in [6, 6.07) is -0.105. The van der Waals surface area contributed by atoms with Crippen LogP contribution in [0.4, 0.5) is 9.80 Å². The van der Waals surface area contributed by atoms with Gasteiger partial charge in [-0.2, -0.15) is 0 Å². The quantitative estimate of drug-likeness (QED) is 0.680. The Kier molecular flexibility index (Phi) is 5.41. The molecule has 2 amide bonds. The molecule has 0 saturated carbocycles. The molecular formula is C19H24BrN3OS2. The summed E-state index contributed by atoms with van der Waals surface area (Å²) in [5.74, 6) is 0. The Hall–Kier alpha value is -0.890. The monoisotopic (exact) mass is 453 g/mol. The third-order valence-electron chi connectivity index (χ3n) is 5.40. The molecule has 2 aromatic heterocycles. The molecular weight excluding hydrogens is 430 g/mol. The molecule has 0 fully saturated rings. The summed E-state index contributed by atoms with van der Waals surface area (Å²) in [5, 5.41) is 7.16. The predicted molar refractivity (Wildman–Crippen MR) is 114 cm³/mol. The summed E-state index contributed by atoms with van der Waals surface area (Å²) in [7, 11) is 2.16. The highest BCUT2D eigenvalue weighted by Gasteiger charge is 2.23. The van der Waals surface area contributed by atoms with E-state index in [0.29, 0.717) is 6.54 Å². The topological polar surface area (TPSA) is 44.4 Å². The van der Waals surface area contributed by atoms with Crippen molar-refractivity contribution in [3.63, 3.8) is 0 Å². The van der Waals surface area contributed by atoms with Crippen molar-refractivity contribution >= 4 is 49.6 Å². The zero-order valence-electron chi connectivity index (χ0n) is 15.2. The Balaban J connectivity index is 1.42. The molecule has 4 nitrogen and oxygen atoms in total. The van der Waals surface area contributed by atoms with Crippen LogP contribution in [-0.2, 0) is 32.4 Å². The number of carbonyl (C=O) groups excluding carboxylic acids is 1. The van der Waals surface area contributed by atoms with Gasteiger partial charge in [0.15, 0.2) is 0 Å². The second kappa shape index (κ2) is 7.62. The maximum atomic E-state index is 12.5. The second-order valence-corrected chi connectivity index (χ2v) is 10.7. The average Bonchev–Trinajstić information content (AvgIpc) is 3.09. The van der Waals surface area contributed by atoms with Crippen LogP contribution in [0, 0.1) is 6.92 Å². The van der Waals surface area contributed by atoms with Gasteiger partial charge in [0.25, 0.3) is 0 Å². The lowest BCUT2D eigenvalue weighted by atomic mass is 9.96. The Morgan fingerprint density at radius 1 is 1.15 bits per heavy atom. The number of amides is 2. The Labute approximate surface area is 171 Å². The number of carbonyl (C=O) groups is 1. The third kappa shape index (κ3) is 3.59. The van der Waals surface area contributed by atoms with E-state index in [1.807, 2.05) is 0 Å². The van der Waals surface area contributed by atoms with E-state index in [9.17, 15) is 4.79 Å². The number of aryl methyl sites for hydroxylation is 1. The molecule has 140 valence electrons. The number of rotatable bonds is 3. The second-order valence-electron chi connectivity index (χ2n) is 7.22. The lowest BCUT2D eigenvalue weighted by Gasteiger charge is -2.22. The lowest BCUT2D eigenvalue weighted by molar-refractivity contribution is 0.251. The minimum Gasteiger partial charge on any atom is -0.334 e. The van der Waals surface area contributed by atoms with Gasteiger partial charge in [0.2, 0.25) is 0 Å². The largest absolute Gasteiger partial charge is 0.334 e. The molecule has 0 radical (unpaired) electrons. The number of anilines is 1. The fraction of sp³-hybridized carbons (Fsp3) is 0.526. The van der Waals surface area contributed by atoms with Crippen molar-refractivity contribution in [2.75, 3.05) is 18.9 Å². The van der Waals surface area contributed by atoms with E-state index in [0.717, 1.165) is 41.1 Å². The number of urea groups is 1. The van der Waals surface area contributed by atoms with Crippen LogP contribution in [0.1, 0.15) is 44.8 Å². The van der Waals surface area contributed by atoms with Gasteiger partial charge in [-0.25, -0.2) is 4.79 Å². The van der Waals surface area contributed by atoms with E-state index in [4.69, 9.17) is 0 Å². The number of thiophene rings is 2. The Bertz CT molecular complexity index is 842. The van der Waals surface area contributed by atoms with Crippen LogP contribution in [0.2, 0.25) is 0 Å². The Morgan fingerprint density at radius 3 is 2.77 bits per heavy atom. The van der Waals surface area contributed by atoms with Crippen molar-refractivity contribution < 1.29 is 4.79 Å². The number of nitrogens with zero attached hydrogens (tertiary/aromatic N) is 1. The highest BCUT2D eigenvalue weighted by atomic mass is 79.9. The SMILES string of the molecule is Cc1c(NC(=O)NCc2c(Br)sc3c2CCN(C)C3)sc2c1CCCC2. The third-order valence-corrected chi connectivity index (χ3v) is 8.72. The standard InChI is InChI=1S/C19H24BrN3OS2/c1-11-12-5-3-4-6-15(12)26-18(11)22-19(24)21-9-14-13-7-8-23(2)10-16(13)25-17(14)20/h3-10H2,1-2H3,(H2,21,22,24). The fourth-order valence-corrected chi connectivity index (χ4v) is 7.32. The predicted octanol–water partition coefficient (Wildman–Crippen LogP) is 5.07. The molecule has 7 heteroatoms. The minimum atomic E-state index is -0.105. The normalized spacial score (nSPS) is 16.9. The molecule has 2 aliphatic rings. The van der Waals surface area contributed by atoms with E-state index >= 15 is 0 Å². The lowest BCUT2D eigenvalue weighted by Crippen LogP contribution is -2.30. The van der Waals surface area contributed by atoms with Gasteiger partial charge in [-0.15, -0.1) is 22.7 Å². The number of hydrogen-bond acceptors (Lipinski definition) is 4. The van der Waals surface area contributed by atoms with E-state index in [2.05, 4.69) is 45.4 Å². The minimum absolute atomic E-state index is 0.105. The molecule has 3 heterocycles. The van der Waals surface area contributed by atoms with E-state index in [1.54, 1.807) is 22.7 Å². The van der Waals surface area contributed by atoms with Gasteiger partial charge in [0, 0.05) is 29.4 Å². The van der Waals surface area contributed by atoms with Crippen molar-refractivity contribution in [2.24, 2.45) is 0 Å². The van der Waals surface area contributed by atoms with Crippen LogP contribution in [0.25, 0.3) is 0 Å². The van der Waals surface area contributed by atoms with Crippen molar-refractivity contribution in [1.29, 1.82) is 0 Å². The summed E-state index contributed by atoms with van der Waals surface area (Å²) in [6.45, 7) is 4.80. The van der Waals surface area contributed by atoms with Gasteiger partial charge in [0.1, 0.15) is 0 Å². The maximum Gasteiger partial charge on any atom is 0.320 e. The number of likely N-dealkylation sites (N-methyl/N-ethyl adjacent to an activating group) is 1. The number of hydrogen-bond donors (Lipinski definition) is 2. The first-order chi connectivity index (χ1) is 12.5. The molecule has 2 N–H and O–H groups in total. The zero-order chi connectivity index (χ0) is 18.3. The molecule has 1 aliphatic carbocycles. The number of nitrogens with one attached hydrogen (secondary N) is 2. The van der Waals surface area contributed by atoms with Gasteiger partial charge in [-0.05, 0) is 84.3 Å². The summed E-state index contributed by atoms with van der Waals surface area (Å²) in [4.78, 5) is 17.7. The molecule has 0 bridgehead atoms. The van der Waals surface area contributed by atoms with Crippen LogP contribution >= 0.6 is 38.6 Å². The van der Waals surface area contributed by atoms with Gasteiger partial charge in [-0.3, -0.25) is 5.32 Å². The molecule has 0 atom stereocenters. The first-order valence-electron chi connectivity index (χ1n) is 9.16. The molecule has 26 heavy (non-hydrogen) atoms. The molecule has 0 unspecified atom stereocenters. The van der Waals surface area contributed by atoms with Crippen molar-refractivity contribution in [3.8, 4) is 0 Å². The first-order valence-corrected chi connectivity index (χ1v) is 11.6. The summed E-state index contributed by atoms with van der Waals surface area (Å²) >= 11 is 7.25. The molecule has 1 aliphatic heterocycles. The number of halogens is 1.